The number of hydrogen-bond acceptors (Lipinski definition) is 4. The summed E-state index contributed by atoms with van der Waals surface area (Å²) in [5.74, 6) is 0. The van der Waals surface area contributed by atoms with Crippen molar-refractivity contribution in [3.05, 3.63) is 25.7 Å². The molecule has 0 spiro atoms. The van der Waals surface area contributed by atoms with E-state index in [-0.39, 0.29) is 0 Å². The van der Waals surface area contributed by atoms with E-state index >= 15 is 0 Å². The monoisotopic (exact) mass is 200 g/mol. The first-order valence-corrected chi connectivity index (χ1v) is 4.55. The largest absolute Gasteiger partial charge is 0.474 e. The van der Waals surface area contributed by atoms with Crippen molar-refractivity contribution in [1.29, 1.82) is 0 Å². The van der Waals surface area contributed by atoms with E-state index in [4.69, 9.17) is 14.2 Å². The van der Waals surface area contributed by atoms with E-state index in [1.54, 1.807) is 0 Å². The highest BCUT2D eigenvalue weighted by Gasteiger charge is 2.26. The summed E-state index contributed by atoms with van der Waals surface area (Å²) in [7, 11) is 0. The van der Waals surface area contributed by atoms with Crippen LogP contribution in [0.1, 0.15) is 0 Å². The van der Waals surface area contributed by atoms with Crippen molar-refractivity contribution in [2.24, 2.45) is 0 Å². The number of epoxide rings is 2. The molecule has 2 unspecified atom stereocenters. The van der Waals surface area contributed by atoms with Gasteiger partial charge in [0.25, 0.3) is 0 Å². The molecule has 2 aliphatic heterocycles. The molecule has 2 rings (SSSR count). The summed E-state index contributed by atoms with van der Waals surface area (Å²) in [4.78, 5) is 0. The molecule has 0 N–H and O–H groups in total. The molecule has 2 atom stereocenters. The van der Waals surface area contributed by atoms with E-state index in [1.165, 1.54) is 12.5 Å². The van der Waals surface area contributed by atoms with E-state index in [2.05, 4.69) is 17.9 Å². The molecule has 2 saturated heterocycles. The molecule has 2 heterocycles. The van der Waals surface area contributed by atoms with Crippen LogP contribution in [-0.2, 0) is 18.9 Å². The molecule has 4 heteroatoms. The quantitative estimate of drug-likeness (QED) is 0.475. The van der Waals surface area contributed by atoms with Crippen molar-refractivity contribution in [1.82, 2.24) is 0 Å². The molecule has 0 saturated carbocycles. The van der Waals surface area contributed by atoms with Gasteiger partial charge in [0.1, 0.15) is 12.2 Å². The first-order chi connectivity index (χ1) is 6.86. The highest BCUT2D eigenvalue weighted by molar-refractivity contribution is 4.71. The summed E-state index contributed by atoms with van der Waals surface area (Å²) >= 11 is 0. The Labute approximate surface area is 84.1 Å². The van der Waals surface area contributed by atoms with Gasteiger partial charge < -0.3 is 18.9 Å². The number of rotatable bonds is 6. The maximum atomic E-state index is 5.23. The van der Waals surface area contributed by atoms with Crippen molar-refractivity contribution in [3.63, 3.8) is 0 Å². The van der Waals surface area contributed by atoms with Crippen molar-refractivity contribution in [2.75, 3.05) is 26.4 Å². The van der Waals surface area contributed by atoms with E-state index in [9.17, 15) is 0 Å². The molecular formula is C10H16O4. The maximum Gasteiger partial charge on any atom is 0.104 e. The molecule has 2 fully saturated rings. The van der Waals surface area contributed by atoms with Crippen LogP contribution in [0.3, 0.4) is 0 Å². The Balaban J connectivity index is 0.000000171. The topological polar surface area (TPSA) is 43.5 Å². The third-order valence-corrected chi connectivity index (χ3v) is 1.60. The fraction of sp³-hybridized carbons (Fsp3) is 0.600. The average Bonchev–Trinajstić information content (AvgIpc) is 3.01. The lowest BCUT2D eigenvalue weighted by molar-refractivity contribution is 0.102. The molecule has 0 aromatic carbocycles. The first kappa shape index (κ1) is 11.2. The van der Waals surface area contributed by atoms with Crippen LogP contribution in [0.15, 0.2) is 25.7 Å². The van der Waals surface area contributed by atoms with Gasteiger partial charge in [0, 0.05) is 0 Å². The Morgan fingerprint density at radius 1 is 1.07 bits per heavy atom. The zero-order valence-electron chi connectivity index (χ0n) is 8.19. The predicted molar refractivity (Wildman–Crippen MR) is 51.8 cm³/mol. The van der Waals surface area contributed by atoms with E-state index < -0.39 is 0 Å². The molecule has 4 nitrogen and oxygen atoms in total. The molecular weight excluding hydrogens is 184 g/mol. The molecule has 0 bridgehead atoms. The third-order valence-electron chi connectivity index (χ3n) is 1.60. The van der Waals surface area contributed by atoms with E-state index in [0.717, 1.165) is 26.4 Å². The van der Waals surface area contributed by atoms with Gasteiger partial charge in [-0.05, 0) is 0 Å². The van der Waals surface area contributed by atoms with Crippen molar-refractivity contribution in [2.45, 2.75) is 12.2 Å². The van der Waals surface area contributed by atoms with Gasteiger partial charge in [-0.15, -0.1) is 0 Å². The maximum absolute atomic E-state index is 5.23. The van der Waals surface area contributed by atoms with Crippen LogP contribution in [0.25, 0.3) is 0 Å². The Morgan fingerprint density at radius 2 is 1.50 bits per heavy atom. The summed E-state index contributed by atoms with van der Waals surface area (Å²) in [6.45, 7) is 9.77. The standard InChI is InChI=1S/C6H10O3.C4H6O/c1(5-3-8-5)7-2-6-4-9-6;1-3-5-4-2/h5-6H,1-4H2;3-4H,1-2H2. The Kier molecular flexibility index (Phi) is 5.29. The molecule has 0 radical (unpaired) electrons. The zero-order chi connectivity index (χ0) is 10.2. The van der Waals surface area contributed by atoms with Gasteiger partial charge in [0.05, 0.1) is 39.0 Å². The average molecular weight is 200 g/mol. The molecule has 2 aliphatic rings. The fourth-order valence-corrected chi connectivity index (χ4v) is 0.728. The molecule has 14 heavy (non-hydrogen) atoms. The summed E-state index contributed by atoms with van der Waals surface area (Å²) in [6, 6.07) is 0. The normalized spacial score (nSPS) is 26.9. The van der Waals surface area contributed by atoms with Crippen LogP contribution in [-0.4, -0.2) is 38.6 Å². The van der Waals surface area contributed by atoms with Gasteiger partial charge in [0.15, 0.2) is 0 Å². The summed E-state index contributed by atoms with van der Waals surface area (Å²) < 4.78 is 19.5. The van der Waals surface area contributed by atoms with Crippen LogP contribution in [0, 0.1) is 0 Å². The second kappa shape index (κ2) is 6.59. The zero-order valence-corrected chi connectivity index (χ0v) is 8.19. The molecule has 0 aromatic heterocycles. The Morgan fingerprint density at radius 3 is 1.71 bits per heavy atom. The fourth-order valence-electron chi connectivity index (χ4n) is 0.728. The minimum absolute atomic E-state index is 0.392. The molecule has 0 aromatic rings. The van der Waals surface area contributed by atoms with Crippen LogP contribution in [0.5, 0.6) is 0 Å². The summed E-state index contributed by atoms with van der Waals surface area (Å²) in [6.07, 6.45) is 3.41. The SMILES string of the molecule is C(OCC1CO1)C1CO1.C=COC=C. The summed E-state index contributed by atoms with van der Waals surface area (Å²) in [5.41, 5.74) is 0. The lowest BCUT2D eigenvalue weighted by atomic mass is 10.5. The van der Waals surface area contributed by atoms with Crippen LogP contribution < -0.4 is 0 Å². The van der Waals surface area contributed by atoms with Gasteiger partial charge in [0.2, 0.25) is 0 Å². The van der Waals surface area contributed by atoms with E-state index in [0.29, 0.717) is 12.2 Å². The lowest BCUT2D eigenvalue weighted by Crippen LogP contribution is -2.06. The number of ether oxygens (including phenoxy) is 4. The van der Waals surface area contributed by atoms with Crippen LogP contribution >= 0.6 is 0 Å². The smallest absolute Gasteiger partial charge is 0.104 e. The van der Waals surface area contributed by atoms with Crippen molar-refractivity contribution >= 4 is 0 Å². The van der Waals surface area contributed by atoms with Gasteiger partial charge in [-0.2, -0.15) is 0 Å². The van der Waals surface area contributed by atoms with Crippen molar-refractivity contribution in [3.8, 4) is 0 Å². The second-order valence-corrected chi connectivity index (χ2v) is 2.92. The minimum atomic E-state index is 0.392. The second-order valence-electron chi connectivity index (χ2n) is 2.92. The highest BCUT2D eigenvalue weighted by Crippen LogP contribution is 2.12. The van der Waals surface area contributed by atoms with Gasteiger partial charge in [-0.25, -0.2) is 0 Å². The predicted octanol–water partition coefficient (Wildman–Crippen LogP) is 1.09. The Bertz CT molecular complexity index is 155. The number of hydrogen-bond donors (Lipinski definition) is 0. The first-order valence-electron chi connectivity index (χ1n) is 4.55. The third kappa shape index (κ3) is 6.65. The van der Waals surface area contributed by atoms with E-state index in [1.807, 2.05) is 0 Å². The highest BCUT2D eigenvalue weighted by atomic mass is 16.6. The Hall–Kier alpha value is -0.840. The summed E-state index contributed by atoms with van der Waals surface area (Å²) in [5, 5.41) is 0. The van der Waals surface area contributed by atoms with Crippen LogP contribution in [0.2, 0.25) is 0 Å². The minimum Gasteiger partial charge on any atom is -0.474 e. The molecule has 0 amide bonds. The van der Waals surface area contributed by atoms with Gasteiger partial charge in [-0.1, -0.05) is 13.2 Å². The van der Waals surface area contributed by atoms with Crippen molar-refractivity contribution < 1.29 is 18.9 Å². The lowest BCUT2D eigenvalue weighted by Gasteiger charge is -1.95. The van der Waals surface area contributed by atoms with Crippen LogP contribution in [0.4, 0.5) is 0 Å². The molecule has 80 valence electrons. The molecule has 0 aliphatic carbocycles. The van der Waals surface area contributed by atoms with Gasteiger partial charge >= 0.3 is 0 Å². The van der Waals surface area contributed by atoms with Gasteiger partial charge in [-0.3, -0.25) is 0 Å².